The van der Waals surface area contributed by atoms with Gasteiger partial charge in [-0.2, -0.15) is 0 Å². The van der Waals surface area contributed by atoms with E-state index in [0.717, 1.165) is 22.5 Å². The molecule has 0 saturated carbocycles. The van der Waals surface area contributed by atoms with E-state index in [1.807, 2.05) is 68.4 Å². The number of aryl methyl sites for hydroxylation is 1. The zero-order chi connectivity index (χ0) is 21.8. The maximum atomic E-state index is 12.9. The molecule has 5 nitrogen and oxygen atoms in total. The van der Waals surface area contributed by atoms with Crippen molar-refractivity contribution < 1.29 is 9.21 Å². The third-order valence-corrected chi connectivity index (χ3v) is 6.25. The number of hydrogen-bond donors (Lipinski definition) is 0. The summed E-state index contributed by atoms with van der Waals surface area (Å²) in [5, 5.41) is 8.60. The lowest BCUT2D eigenvalue weighted by Crippen LogP contribution is -2.11. The van der Waals surface area contributed by atoms with Gasteiger partial charge >= 0.3 is 0 Å². The summed E-state index contributed by atoms with van der Waals surface area (Å²) in [6.07, 6.45) is 0.584. The van der Waals surface area contributed by atoms with E-state index >= 15 is 0 Å². The average molecular weight is 432 g/mol. The van der Waals surface area contributed by atoms with Gasteiger partial charge in [0.05, 0.1) is 18.2 Å². The van der Waals surface area contributed by atoms with E-state index in [2.05, 4.69) is 33.8 Å². The van der Waals surface area contributed by atoms with E-state index in [0.29, 0.717) is 17.5 Å². The first-order valence-corrected chi connectivity index (χ1v) is 11.3. The van der Waals surface area contributed by atoms with Gasteiger partial charge in [-0.3, -0.25) is 4.79 Å². The van der Waals surface area contributed by atoms with Crippen molar-refractivity contribution in [1.29, 1.82) is 0 Å². The summed E-state index contributed by atoms with van der Waals surface area (Å²) in [6.45, 7) is 6.21. The zero-order valence-electron chi connectivity index (χ0n) is 17.9. The minimum Gasteiger partial charge on any atom is -0.416 e. The lowest BCUT2D eigenvalue weighted by molar-refractivity contribution is 0.102. The summed E-state index contributed by atoms with van der Waals surface area (Å²) in [6, 6.07) is 22.4. The maximum absolute atomic E-state index is 12.9. The van der Waals surface area contributed by atoms with Crippen LogP contribution in [0.5, 0.6) is 0 Å². The first-order valence-electron chi connectivity index (χ1n) is 10.3. The molecule has 2 aromatic carbocycles. The summed E-state index contributed by atoms with van der Waals surface area (Å²) < 4.78 is 7.93. The molecule has 0 spiro atoms. The number of nitrogens with zero attached hydrogens (tertiary/aromatic N) is 3. The molecule has 0 unspecified atom stereocenters. The van der Waals surface area contributed by atoms with Crippen molar-refractivity contribution in [1.82, 2.24) is 14.8 Å². The fraction of sp³-hybridized carbons (Fsp3) is 0.240. The van der Waals surface area contributed by atoms with Crippen LogP contribution >= 0.6 is 11.8 Å². The molecule has 0 aliphatic carbocycles. The minimum atomic E-state index is 0.0624. The monoisotopic (exact) mass is 431 g/mol. The van der Waals surface area contributed by atoms with Gasteiger partial charge < -0.3 is 8.98 Å². The van der Waals surface area contributed by atoms with Crippen molar-refractivity contribution in [2.75, 3.05) is 5.75 Å². The molecule has 0 radical (unpaired) electrons. The predicted octanol–water partition coefficient (Wildman–Crippen LogP) is 5.66. The van der Waals surface area contributed by atoms with Crippen LogP contribution in [-0.2, 0) is 6.42 Å². The van der Waals surface area contributed by atoms with Gasteiger partial charge in [0.15, 0.2) is 5.78 Å². The summed E-state index contributed by atoms with van der Waals surface area (Å²) in [7, 11) is 0. The quantitative estimate of drug-likeness (QED) is 0.266. The molecule has 0 aliphatic heterocycles. The Morgan fingerprint density at radius 1 is 1.03 bits per heavy atom. The second-order valence-electron chi connectivity index (χ2n) is 7.58. The van der Waals surface area contributed by atoms with Crippen LogP contribution in [0.2, 0.25) is 0 Å². The molecular weight excluding hydrogens is 406 g/mol. The Balaban J connectivity index is 1.43. The van der Waals surface area contributed by atoms with Crippen molar-refractivity contribution in [3.8, 4) is 0 Å². The molecule has 4 rings (SSSR count). The third-order valence-electron chi connectivity index (χ3n) is 5.43. The van der Waals surface area contributed by atoms with E-state index in [-0.39, 0.29) is 17.6 Å². The van der Waals surface area contributed by atoms with Gasteiger partial charge in [0.1, 0.15) is 0 Å². The van der Waals surface area contributed by atoms with Gasteiger partial charge in [-0.25, -0.2) is 0 Å². The Hall–Kier alpha value is -3.12. The molecular formula is C25H25N3O2S. The lowest BCUT2D eigenvalue weighted by Gasteiger charge is -2.19. The topological polar surface area (TPSA) is 60.9 Å². The van der Waals surface area contributed by atoms with Crippen LogP contribution in [0.15, 0.2) is 76.4 Å². The largest absolute Gasteiger partial charge is 0.416 e. The zero-order valence-corrected chi connectivity index (χ0v) is 18.7. The average Bonchev–Trinajstić information content (AvgIpc) is 3.36. The minimum absolute atomic E-state index is 0.0624. The molecule has 6 heteroatoms. The molecule has 2 aromatic heterocycles. The smallest absolute Gasteiger partial charge is 0.277 e. The molecule has 31 heavy (non-hydrogen) atoms. The highest BCUT2D eigenvalue weighted by Gasteiger charge is 2.20. The number of Topliss-reactive ketones (excluding diaryl/α,β-unsaturated/α-hetero) is 1. The van der Waals surface area contributed by atoms with Crippen LogP contribution in [-0.4, -0.2) is 26.3 Å². The molecule has 158 valence electrons. The molecule has 0 fully saturated rings. The van der Waals surface area contributed by atoms with Gasteiger partial charge in [-0.1, -0.05) is 72.4 Å². The fourth-order valence-corrected chi connectivity index (χ4v) is 4.54. The molecule has 0 amide bonds. The maximum Gasteiger partial charge on any atom is 0.277 e. The number of ketones is 1. The number of rotatable bonds is 8. The molecule has 0 saturated heterocycles. The van der Waals surface area contributed by atoms with Crippen molar-refractivity contribution in [3.63, 3.8) is 0 Å². The highest BCUT2D eigenvalue weighted by molar-refractivity contribution is 7.99. The Bertz CT molecular complexity index is 1170. The van der Waals surface area contributed by atoms with Crippen molar-refractivity contribution >= 4 is 17.5 Å². The molecule has 0 bridgehead atoms. The normalized spacial score (nSPS) is 12.1. The summed E-state index contributed by atoms with van der Waals surface area (Å²) in [5.74, 6) is 0.875. The van der Waals surface area contributed by atoms with Gasteiger partial charge in [-0.05, 0) is 38.0 Å². The third kappa shape index (κ3) is 4.80. The molecule has 4 aromatic rings. The Kier molecular flexibility index (Phi) is 6.37. The number of benzene rings is 2. The van der Waals surface area contributed by atoms with Gasteiger partial charge in [-0.15, -0.1) is 10.2 Å². The number of hydrogen-bond acceptors (Lipinski definition) is 5. The molecule has 2 heterocycles. The Morgan fingerprint density at radius 2 is 1.71 bits per heavy atom. The van der Waals surface area contributed by atoms with E-state index < -0.39 is 0 Å². The molecule has 0 aliphatic rings. The number of carbonyl (C=O) groups excluding carboxylic acids is 1. The summed E-state index contributed by atoms with van der Waals surface area (Å²) >= 11 is 1.28. The SMILES string of the molecule is Cc1cc(C(=O)CSc2nnc(Cc3ccccc3)o2)c(C)n1[C@H](C)c1ccccc1. The summed E-state index contributed by atoms with van der Waals surface area (Å²) in [5.41, 5.74) is 5.13. The van der Waals surface area contributed by atoms with Crippen molar-refractivity contribution in [3.05, 3.63) is 101 Å². The van der Waals surface area contributed by atoms with E-state index in [9.17, 15) is 4.79 Å². The van der Waals surface area contributed by atoms with Gasteiger partial charge in [0, 0.05) is 17.0 Å². The number of aromatic nitrogens is 3. The van der Waals surface area contributed by atoms with Gasteiger partial charge in [0.25, 0.3) is 5.22 Å². The van der Waals surface area contributed by atoms with Crippen LogP contribution in [0.4, 0.5) is 0 Å². The first kappa shape index (κ1) is 21.1. The van der Waals surface area contributed by atoms with Crippen LogP contribution < -0.4 is 0 Å². The predicted molar refractivity (Wildman–Crippen MR) is 123 cm³/mol. The molecule has 1 atom stereocenters. The van der Waals surface area contributed by atoms with Crippen molar-refractivity contribution in [2.45, 2.75) is 38.5 Å². The Morgan fingerprint density at radius 3 is 2.42 bits per heavy atom. The standard InChI is InChI=1S/C25H25N3O2S/c1-17-14-22(19(3)28(17)18(2)21-12-8-5-9-13-21)23(29)16-31-25-27-26-24(30-25)15-20-10-6-4-7-11-20/h4-14,18H,15-16H2,1-3H3/t18-/m1/s1. The number of carbonyl (C=O) groups is 1. The Labute approximate surface area is 186 Å². The first-order chi connectivity index (χ1) is 15.0. The van der Waals surface area contributed by atoms with Crippen LogP contribution in [0.1, 0.15) is 51.7 Å². The highest BCUT2D eigenvalue weighted by Crippen LogP contribution is 2.27. The highest BCUT2D eigenvalue weighted by atomic mass is 32.2. The fourth-order valence-electron chi connectivity index (χ4n) is 3.88. The van der Waals surface area contributed by atoms with Crippen molar-refractivity contribution in [2.24, 2.45) is 0 Å². The van der Waals surface area contributed by atoms with E-state index in [1.54, 1.807) is 0 Å². The number of thioether (sulfide) groups is 1. The van der Waals surface area contributed by atoms with E-state index in [1.165, 1.54) is 17.3 Å². The van der Waals surface area contributed by atoms with E-state index in [4.69, 9.17) is 4.42 Å². The second-order valence-corrected chi connectivity index (χ2v) is 8.50. The van der Waals surface area contributed by atoms with Crippen LogP contribution in [0, 0.1) is 13.8 Å². The van der Waals surface area contributed by atoms with Crippen LogP contribution in [0.25, 0.3) is 0 Å². The van der Waals surface area contributed by atoms with Crippen LogP contribution in [0.3, 0.4) is 0 Å². The van der Waals surface area contributed by atoms with Gasteiger partial charge in [0.2, 0.25) is 5.89 Å². The summed E-state index contributed by atoms with van der Waals surface area (Å²) in [4.78, 5) is 12.9. The lowest BCUT2D eigenvalue weighted by atomic mass is 10.1. The second kappa shape index (κ2) is 9.35. The molecule has 0 N–H and O–H groups in total.